The van der Waals surface area contributed by atoms with Crippen molar-refractivity contribution in [1.82, 2.24) is 19.9 Å². The van der Waals surface area contributed by atoms with Crippen LogP contribution in [-0.4, -0.2) is 44.9 Å². The maximum Gasteiger partial charge on any atom is 0.228 e. The molecule has 1 aliphatic heterocycles. The van der Waals surface area contributed by atoms with Crippen molar-refractivity contribution in [3.05, 3.63) is 41.7 Å². The number of likely N-dealkylation sites (tertiary alicyclic amines) is 1. The second kappa shape index (κ2) is 7.13. The number of hydrogen-bond donors (Lipinski definition) is 1. The SMILES string of the molecule is Cc1c(CC(=O)N2CCC[C@@H]([C@@H](C)N)C2)nnn1-c1ccccc1. The first kappa shape index (κ1) is 16.6. The monoisotopic (exact) mass is 327 g/mol. The van der Waals surface area contributed by atoms with Gasteiger partial charge in [-0.05, 0) is 44.7 Å². The molecule has 1 fully saturated rings. The van der Waals surface area contributed by atoms with Crippen molar-refractivity contribution in [3.63, 3.8) is 0 Å². The van der Waals surface area contributed by atoms with Gasteiger partial charge in [-0.3, -0.25) is 4.79 Å². The smallest absolute Gasteiger partial charge is 0.228 e. The molecule has 1 aliphatic rings. The molecule has 0 bridgehead atoms. The van der Waals surface area contributed by atoms with Crippen molar-refractivity contribution >= 4 is 5.91 Å². The highest BCUT2D eigenvalue weighted by Gasteiger charge is 2.26. The van der Waals surface area contributed by atoms with Crippen molar-refractivity contribution in [2.75, 3.05) is 13.1 Å². The van der Waals surface area contributed by atoms with Gasteiger partial charge in [0.25, 0.3) is 0 Å². The van der Waals surface area contributed by atoms with Crippen molar-refractivity contribution in [1.29, 1.82) is 0 Å². The highest BCUT2D eigenvalue weighted by molar-refractivity contribution is 5.78. The number of nitrogens with zero attached hydrogens (tertiary/aromatic N) is 4. The van der Waals surface area contributed by atoms with Gasteiger partial charge in [-0.1, -0.05) is 23.4 Å². The molecule has 3 rings (SSSR count). The highest BCUT2D eigenvalue weighted by atomic mass is 16.2. The molecular weight excluding hydrogens is 302 g/mol. The molecule has 24 heavy (non-hydrogen) atoms. The van der Waals surface area contributed by atoms with Gasteiger partial charge in [0.2, 0.25) is 5.91 Å². The standard InChI is InChI=1S/C18H25N5O/c1-13(19)15-7-6-10-22(12-15)18(24)11-17-14(2)23(21-20-17)16-8-4-3-5-9-16/h3-5,8-9,13,15H,6-7,10-12,19H2,1-2H3/t13-,15-/m1/s1. The van der Waals surface area contributed by atoms with Gasteiger partial charge in [0.05, 0.1) is 23.5 Å². The maximum absolute atomic E-state index is 12.6. The second-order valence-electron chi connectivity index (χ2n) is 6.65. The van der Waals surface area contributed by atoms with E-state index >= 15 is 0 Å². The molecule has 1 saturated heterocycles. The summed E-state index contributed by atoms with van der Waals surface area (Å²) in [6.45, 7) is 5.54. The van der Waals surface area contributed by atoms with Crippen LogP contribution in [0.5, 0.6) is 0 Å². The molecule has 0 spiro atoms. The zero-order chi connectivity index (χ0) is 17.1. The van der Waals surface area contributed by atoms with Gasteiger partial charge in [-0.15, -0.1) is 5.10 Å². The summed E-state index contributed by atoms with van der Waals surface area (Å²) in [5.74, 6) is 0.507. The Morgan fingerprint density at radius 2 is 2.12 bits per heavy atom. The molecule has 128 valence electrons. The Bertz CT molecular complexity index is 695. The summed E-state index contributed by atoms with van der Waals surface area (Å²) in [6.07, 6.45) is 2.42. The number of rotatable bonds is 4. The molecule has 2 N–H and O–H groups in total. The van der Waals surface area contributed by atoms with Crippen LogP contribution < -0.4 is 5.73 Å². The van der Waals surface area contributed by atoms with Crippen LogP contribution in [0, 0.1) is 12.8 Å². The normalized spacial score (nSPS) is 19.3. The number of carbonyl (C=O) groups excluding carboxylic acids is 1. The number of carbonyl (C=O) groups is 1. The Labute approximate surface area is 142 Å². The summed E-state index contributed by atoms with van der Waals surface area (Å²) >= 11 is 0. The van der Waals surface area contributed by atoms with E-state index in [1.165, 1.54) is 0 Å². The summed E-state index contributed by atoms with van der Waals surface area (Å²) < 4.78 is 1.78. The number of aromatic nitrogens is 3. The third kappa shape index (κ3) is 3.48. The van der Waals surface area contributed by atoms with Crippen molar-refractivity contribution < 1.29 is 4.79 Å². The minimum atomic E-state index is 0.114. The number of piperidine rings is 1. The fraction of sp³-hybridized carbons (Fsp3) is 0.500. The maximum atomic E-state index is 12.6. The number of benzene rings is 1. The zero-order valence-electron chi connectivity index (χ0n) is 14.4. The molecule has 1 aromatic carbocycles. The molecule has 0 saturated carbocycles. The van der Waals surface area contributed by atoms with Gasteiger partial charge in [0.15, 0.2) is 0 Å². The van der Waals surface area contributed by atoms with E-state index in [0.29, 0.717) is 12.3 Å². The second-order valence-corrected chi connectivity index (χ2v) is 6.65. The third-order valence-corrected chi connectivity index (χ3v) is 4.86. The molecular formula is C18H25N5O. The molecule has 0 radical (unpaired) electrons. The number of amides is 1. The Morgan fingerprint density at radius 3 is 2.83 bits per heavy atom. The highest BCUT2D eigenvalue weighted by Crippen LogP contribution is 2.20. The van der Waals surface area contributed by atoms with E-state index in [1.54, 1.807) is 4.68 Å². The predicted molar refractivity (Wildman–Crippen MR) is 92.8 cm³/mol. The lowest BCUT2D eigenvalue weighted by atomic mass is 9.92. The van der Waals surface area contributed by atoms with E-state index < -0.39 is 0 Å². The topological polar surface area (TPSA) is 77.0 Å². The Balaban J connectivity index is 1.70. The van der Waals surface area contributed by atoms with Gasteiger partial charge in [0, 0.05) is 19.1 Å². The summed E-state index contributed by atoms with van der Waals surface area (Å²) in [4.78, 5) is 14.6. The summed E-state index contributed by atoms with van der Waals surface area (Å²) in [5, 5.41) is 8.43. The van der Waals surface area contributed by atoms with Crippen LogP contribution >= 0.6 is 0 Å². The fourth-order valence-corrected chi connectivity index (χ4v) is 3.26. The molecule has 0 aliphatic carbocycles. The van der Waals surface area contributed by atoms with Crippen LogP contribution in [0.25, 0.3) is 5.69 Å². The van der Waals surface area contributed by atoms with Crippen LogP contribution in [0.2, 0.25) is 0 Å². The lowest BCUT2D eigenvalue weighted by molar-refractivity contribution is -0.132. The van der Waals surface area contributed by atoms with Gasteiger partial charge in [-0.25, -0.2) is 4.68 Å². The number of para-hydroxylation sites is 1. The summed E-state index contributed by atoms with van der Waals surface area (Å²) in [6, 6.07) is 9.97. The zero-order valence-corrected chi connectivity index (χ0v) is 14.4. The summed E-state index contributed by atoms with van der Waals surface area (Å²) in [7, 11) is 0. The lowest BCUT2D eigenvalue weighted by Gasteiger charge is -2.34. The van der Waals surface area contributed by atoms with Gasteiger partial charge in [0.1, 0.15) is 0 Å². The third-order valence-electron chi connectivity index (χ3n) is 4.86. The molecule has 1 amide bonds. The van der Waals surface area contributed by atoms with Gasteiger partial charge < -0.3 is 10.6 Å². The first-order valence-corrected chi connectivity index (χ1v) is 8.56. The summed E-state index contributed by atoms with van der Waals surface area (Å²) in [5.41, 5.74) is 8.62. The number of hydrogen-bond acceptors (Lipinski definition) is 4. The molecule has 1 aromatic heterocycles. The predicted octanol–water partition coefficient (Wildman–Crippen LogP) is 1.70. The van der Waals surface area contributed by atoms with Crippen LogP contribution in [0.4, 0.5) is 0 Å². The van der Waals surface area contributed by atoms with Crippen molar-refractivity contribution in [3.8, 4) is 5.69 Å². The Hall–Kier alpha value is -2.21. The average Bonchev–Trinajstić information content (AvgIpc) is 2.96. The Morgan fingerprint density at radius 1 is 1.38 bits per heavy atom. The minimum Gasteiger partial charge on any atom is -0.342 e. The van der Waals surface area contributed by atoms with Crippen molar-refractivity contribution in [2.45, 2.75) is 39.2 Å². The molecule has 2 heterocycles. The lowest BCUT2D eigenvalue weighted by Crippen LogP contribution is -2.45. The Kier molecular flexibility index (Phi) is 4.94. The molecule has 2 aromatic rings. The van der Waals surface area contributed by atoms with Crippen LogP contribution in [0.15, 0.2) is 30.3 Å². The fourth-order valence-electron chi connectivity index (χ4n) is 3.26. The van der Waals surface area contributed by atoms with Gasteiger partial charge in [-0.2, -0.15) is 0 Å². The first-order chi connectivity index (χ1) is 11.6. The average molecular weight is 327 g/mol. The van der Waals surface area contributed by atoms with Crippen LogP contribution in [0.1, 0.15) is 31.2 Å². The van der Waals surface area contributed by atoms with E-state index in [2.05, 4.69) is 10.3 Å². The van der Waals surface area contributed by atoms with E-state index in [1.807, 2.05) is 49.1 Å². The van der Waals surface area contributed by atoms with E-state index in [9.17, 15) is 4.79 Å². The van der Waals surface area contributed by atoms with E-state index in [0.717, 1.165) is 43.0 Å². The molecule has 6 heteroatoms. The van der Waals surface area contributed by atoms with E-state index in [-0.39, 0.29) is 11.9 Å². The van der Waals surface area contributed by atoms with Crippen LogP contribution in [0.3, 0.4) is 0 Å². The first-order valence-electron chi connectivity index (χ1n) is 8.56. The molecule has 0 unspecified atom stereocenters. The number of nitrogens with two attached hydrogens (primary N) is 1. The molecule has 6 nitrogen and oxygen atoms in total. The quantitative estimate of drug-likeness (QED) is 0.927. The van der Waals surface area contributed by atoms with E-state index in [4.69, 9.17) is 5.73 Å². The molecule has 2 atom stereocenters. The van der Waals surface area contributed by atoms with Gasteiger partial charge >= 0.3 is 0 Å². The minimum absolute atomic E-state index is 0.114. The van der Waals surface area contributed by atoms with Crippen molar-refractivity contribution in [2.24, 2.45) is 11.7 Å². The van der Waals surface area contributed by atoms with Crippen LogP contribution in [-0.2, 0) is 11.2 Å². The largest absolute Gasteiger partial charge is 0.342 e.